The second-order valence-corrected chi connectivity index (χ2v) is 6.01. The maximum absolute atomic E-state index is 12.2. The summed E-state index contributed by atoms with van der Waals surface area (Å²) >= 11 is 0. The number of aliphatic carboxylic acids is 1. The average Bonchev–Trinajstić information content (AvgIpc) is 2.38. The van der Waals surface area contributed by atoms with Crippen LogP contribution in [0.4, 0.5) is 0 Å². The zero-order chi connectivity index (χ0) is 13.5. The van der Waals surface area contributed by atoms with Crippen LogP contribution in [0.3, 0.4) is 0 Å². The Morgan fingerprint density at radius 3 is 2.12 bits per heavy atom. The fourth-order valence-corrected chi connectivity index (χ4v) is 2.21. The molecule has 2 N–H and O–H groups in total. The smallest absolute Gasteiger partial charge is 0.325 e. The molecule has 98 valence electrons. The summed E-state index contributed by atoms with van der Waals surface area (Å²) < 4.78 is 5.26. The van der Waals surface area contributed by atoms with Crippen LogP contribution in [0.2, 0.25) is 0 Å². The van der Waals surface area contributed by atoms with Gasteiger partial charge in [-0.3, -0.25) is 9.59 Å². The highest BCUT2D eigenvalue weighted by molar-refractivity contribution is 6.01. The number of carbonyl (C=O) groups is 2. The Morgan fingerprint density at radius 2 is 1.82 bits per heavy atom. The molecule has 0 saturated carbocycles. The van der Waals surface area contributed by atoms with Gasteiger partial charge in [-0.1, -0.05) is 0 Å². The molecule has 1 aliphatic heterocycles. The lowest BCUT2D eigenvalue weighted by molar-refractivity contribution is -0.180. The van der Waals surface area contributed by atoms with E-state index >= 15 is 0 Å². The van der Waals surface area contributed by atoms with E-state index in [2.05, 4.69) is 5.32 Å². The zero-order valence-corrected chi connectivity index (χ0v) is 11.1. The molecule has 0 aliphatic carbocycles. The number of carboxylic acids is 1. The second kappa shape index (κ2) is 3.98. The lowest BCUT2D eigenvalue weighted by atomic mass is 9.72. The van der Waals surface area contributed by atoms with Crippen LogP contribution in [-0.4, -0.2) is 34.7 Å². The molecule has 1 atom stereocenters. The summed E-state index contributed by atoms with van der Waals surface area (Å²) in [5.74, 6) is -1.78. The maximum atomic E-state index is 12.2. The molecule has 5 heteroatoms. The van der Waals surface area contributed by atoms with Crippen LogP contribution >= 0.6 is 0 Å². The molecule has 0 bridgehead atoms. The van der Waals surface area contributed by atoms with E-state index in [0.29, 0.717) is 6.54 Å². The number of esters is 1. The Kier molecular flexibility index (Phi) is 3.27. The number of hydrogen-bond donors (Lipinski definition) is 2. The van der Waals surface area contributed by atoms with Crippen molar-refractivity contribution >= 4 is 11.9 Å². The van der Waals surface area contributed by atoms with Crippen molar-refractivity contribution in [3.8, 4) is 0 Å². The number of hydrogen-bond acceptors (Lipinski definition) is 4. The molecule has 0 amide bonds. The van der Waals surface area contributed by atoms with Crippen LogP contribution in [-0.2, 0) is 14.3 Å². The summed E-state index contributed by atoms with van der Waals surface area (Å²) in [6.07, 6.45) is 0.254. The number of rotatable bonds is 2. The van der Waals surface area contributed by atoms with Gasteiger partial charge in [-0.2, -0.15) is 0 Å². The van der Waals surface area contributed by atoms with Gasteiger partial charge < -0.3 is 15.2 Å². The minimum Gasteiger partial charge on any atom is -0.480 e. The fraction of sp³-hybridized carbons (Fsp3) is 0.833. The minimum absolute atomic E-state index is 0.254. The van der Waals surface area contributed by atoms with Gasteiger partial charge in [-0.05, 0) is 47.6 Å². The highest BCUT2D eigenvalue weighted by Crippen LogP contribution is 2.41. The van der Waals surface area contributed by atoms with Gasteiger partial charge in [0.15, 0.2) is 5.41 Å². The topological polar surface area (TPSA) is 75.6 Å². The van der Waals surface area contributed by atoms with Crippen molar-refractivity contribution in [3.05, 3.63) is 0 Å². The van der Waals surface area contributed by atoms with Crippen molar-refractivity contribution in [2.45, 2.75) is 52.2 Å². The van der Waals surface area contributed by atoms with Gasteiger partial charge in [0.2, 0.25) is 0 Å². The van der Waals surface area contributed by atoms with E-state index in [1.807, 2.05) is 0 Å². The van der Waals surface area contributed by atoms with E-state index in [0.717, 1.165) is 0 Å². The lowest BCUT2D eigenvalue weighted by Crippen LogP contribution is -2.57. The molecule has 17 heavy (non-hydrogen) atoms. The summed E-state index contributed by atoms with van der Waals surface area (Å²) in [6, 6.07) is 0. The number of ether oxygens (including phenoxy) is 1. The Labute approximate surface area is 102 Å². The van der Waals surface area contributed by atoms with Crippen LogP contribution < -0.4 is 5.32 Å². The molecule has 0 unspecified atom stereocenters. The normalized spacial score (nSPS) is 27.8. The average molecular weight is 243 g/mol. The van der Waals surface area contributed by atoms with E-state index in [4.69, 9.17) is 4.74 Å². The Hall–Kier alpha value is -1.10. The van der Waals surface area contributed by atoms with Crippen LogP contribution in [0.5, 0.6) is 0 Å². The first kappa shape index (κ1) is 14.0. The molecule has 0 aromatic rings. The number of carboxylic acid groups (broad SMARTS) is 1. The molecule has 1 heterocycles. The summed E-state index contributed by atoms with van der Waals surface area (Å²) in [6.45, 7) is 9.14. The maximum Gasteiger partial charge on any atom is 0.325 e. The van der Waals surface area contributed by atoms with E-state index in [-0.39, 0.29) is 6.42 Å². The van der Waals surface area contributed by atoms with Gasteiger partial charge in [0.25, 0.3) is 0 Å². The summed E-state index contributed by atoms with van der Waals surface area (Å²) in [5, 5.41) is 12.5. The molecule has 1 aliphatic rings. The monoisotopic (exact) mass is 243 g/mol. The molecule has 1 fully saturated rings. The van der Waals surface area contributed by atoms with Gasteiger partial charge in [-0.25, -0.2) is 0 Å². The standard InChI is InChI=1S/C12H21NO4/c1-10(2,3)17-9(16)12(8(14)15)6-7-13-11(12,4)5/h13H,6-7H2,1-5H3,(H,14,15)/t12-/m0/s1. The molecule has 0 radical (unpaired) electrons. The van der Waals surface area contributed by atoms with Gasteiger partial charge >= 0.3 is 11.9 Å². The van der Waals surface area contributed by atoms with Crippen LogP contribution in [0.1, 0.15) is 41.0 Å². The van der Waals surface area contributed by atoms with Crippen molar-refractivity contribution in [2.75, 3.05) is 6.54 Å². The predicted octanol–water partition coefficient (Wildman–Crippen LogP) is 1.17. The third kappa shape index (κ3) is 2.29. The Balaban J connectivity index is 3.10. The summed E-state index contributed by atoms with van der Waals surface area (Å²) in [5.41, 5.74) is -2.99. The minimum atomic E-state index is -1.50. The Bertz CT molecular complexity index is 343. The highest BCUT2D eigenvalue weighted by Gasteiger charge is 2.62. The summed E-state index contributed by atoms with van der Waals surface area (Å²) in [7, 11) is 0. The second-order valence-electron chi connectivity index (χ2n) is 6.01. The van der Waals surface area contributed by atoms with Gasteiger partial charge in [0.1, 0.15) is 5.60 Å². The quantitative estimate of drug-likeness (QED) is 0.562. The molecule has 1 saturated heterocycles. The first-order chi connectivity index (χ1) is 7.53. The molecule has 0 aromatic heterocycles. The first-order valence-corrected chi connectivity index (χ1v) is 5.75. The molecule has 1 rings (SSSR count). The molecular formula is C12H21NO4. The van der Waals surface area contributed by atoms with Gasteiger partial charge in [-0.15, -0.1) is 0 Å². The zero-order valence-electron chi connectivity index (χ0n) is 11.1. The SMILES string of the molecule is CC(C)(C)OC(=O)[C@@]1(C(=O)O)CCNC1(C)C. The van der Waals surface area contributed by atoms with E-state index < -0.39 is 28.5 Å². The molecule has 0 spiro atoms. The summed E-state index contributed by atoms with van der Waals surface area (Å²) in [4.78, 5) is 23.7. The van der Waals surface area contributed by atoms with Crippen LogP contribution in [0, 0.1) is 5.41 Å². The Morgan fingerprint density at radius 1 is 1.29 bits per heavy atom. The molecular weight excluding hydrogens is 222 g/mol. The first-order valence-electron chi connectivity index (χ1n) is 5.75. The highest BCUT2D eigenvalue weighted by atomic mass is 16.6. The van der Waals surface area contributed by atoms with Crippen molar-refractivity contribution in [1.82, 2.24) is 5.32 Å². The third-order valence-corrected chi connectivity index (χ3v) is 3.25. The van der Waals surface area contributed by atoms with Crippen molar-refractivity contribution in [2.24, 2.45) is 5.41 Å². The largest absolute Gasteiger partial charge is 0.480 e. The van der Waals surface area contributed by atoms with Crippen molar-refractivity contribution in [1.29, 1.82) is 0 Å². The van der Waals surface area contributed by atoms with Crippen LogP contribution in [0.25, 0.3) is 0 Å². The van der Waals surface area contributed by atoms with E-state index in [1.165, 1.54) is 0 Å². The molecule has 5 nitrogen and oxygen atoms in total. The molecule has 0 aromatic carbocycles. The van der Waals surface area contributed by atoms with Gasteiger partial charge in [0.05, 0.1) is 0 Å². The lowest BCUT2D eigenvalue weighted by Gasteiger charge is -2.36. The fourth-order valence-electron chi connectivity index (χ4n) is 2.21. The van der Waals surface area contributed by atoms with Gasteiger partial charge in [0, 0.05) is 5.54 Å². The van der Waals surface area contributed by atoms with E-state index in [9.17, 15) is 14.7 Å². The third-order valence-electron chi connectivity index (χ3n) is 3.25. The van der Waals surface area contributed by atoms with Crippen molar-refractivity contribution < 1.29 is 19.4 Å². The van der Waals surface area contributed by atoms with Crippen molar-refractivity contribution in [3.63, 3.8) is 0 Å². The number of nitrogens with one attached hydrogen (secondary N) is 1. The predicted molar refractivity (Wildman–Crippen MR) is 62.6 cm³/mol. The van der Waals surface area contributed by atoms with E-state index in [1.54, 1.807) is 34.6 Å². The number of carbonyl (C=O) groups excluding carboxylic acids is 1. The van der Waals surface area contributed by atoms with Crippen LogP contribution in [0.15, 0.2) is 0 Å².